The second-order valence-corrected chi connectivity index (χ2v) is 8.31. The van der Waals surface area contributed by atoms with E-state index in [9.17, 15) is 18.0 Å². The van der Waals surface area contributed by atoms with E-state index in [-0.39, 0.29) is 11.4 Å². The van der Waals surface area contributed by atoms with Gasteiger partial charge in [0, 0.05) is 22.0 Å². The van der Waals surface area contributed by atoms with Crippen molar-refractivity contribution in [1.82, 2.24) is 5.32 Å². The predicted octanol–water partition coefficient (Wildman–Crippen LogP) is 6.37. The molecule has 3 rings (SSSR count). The highest BCUT2D eigenvalue weighted by atomic mass is 35.5. The first-order chi connectivity index (χ1) is 13.7. The highest BCUT2D eigenvalue weighted by Crippen LogP contribution is 2.34. The van der Waals surface area contributed by atoms with Crippen molar-refractivity contribution in [3.8, 4) is 0 Å². The van der Waals surface area contributed by atoms with Crippen LogP contribution in [0.15, 0.2) is 36.4 Å². The zero-order valence-electron chi connectivity index (χ0n) is 15.8. The van der Waals surface area contributed by atoms with E-state index < -0.39 is 23.1 Å². The van der Waals surface area contributed by atoms with Crippen LogP contribution in [0.1, 0.15) is 46.3 Å². The molecule has 0 amide bonds. The molecular formula is C22H22Cl2F3NO. The molecule has 0 saturated carbocycles. The summed E-state index contributed by atoms with van der Waals surface area (Å²) in [7, 11) is 0. The highest BCUT2D eigenvalue weighted by molar-refractivity contribution is 6.32. The Morgan fingerprint density at radius 3 is 2.59 bits per heavy atom. The summed E-state index contributed by atoms with van der Waals surface area (Å²) in [6.45, 7) is 2.16. The maximum atomic E-state index is 13.2. The second-order valence-electron chi connectivity index (χ2n) is 7.46. The van der Waals surface area contributed by atoms with Crippen molar-refractivity contribution in [1.29, 1.82) is 0 Å². The van der Waals surface area contributed by atoms with Gasteiger partial charge in [-0.15, -0.1) is 0 Å². The van der Waals surface area contributed by atoms with Gasteiger partial charge in [-0.1, -0.05) is 35.3 Å². The van der Waals surface area contributed by atoms with E-state index >= 15 is 0 Å². The summed E-state index contributed by atoms with van der Waals surface area (Å²) in [6, 6.07) is 8.62. The third kappa shape index (κ3) is 5.97. The number of hydrogen-bond donors (Lipinski definition) is 1. The highest BCUT2D eigenvalue weighted by Gasteiger charge is 2.35. The van der Waals surface area contributed by atoms with Crippen LogP contribution >= 0.6 is 23.2 Å². The minimum absolute atomic E-state index is 0.0651. The van der Waals surface area contributed by atoms with Crippen molar-refractivity contribution >= 4 is 29.0 Å². The van der Waals surface area contributed by atoms with Crippen LogP contribution < -0.4 is 5.32 Å². The Balaban J connectivity index is 1.66. The van der Waals surface area contributed by atoms with Crippen molar-refractivity contribution in [2.45, 2.75) is 38.3 Å². The number of rotatable bonds is 7. The fraction of sp³-hybridized carbons (Fsp3) is 0.409. The normalized spacial score (nSPS) is 16.9. The summed E-state index contributed by atoms with van der Waals surface area (Å²) in [5.41, 5.74) is 0.166. The van der Waals surface area contributed by atoms with E-state index in [4.69, 9.17) is 23.2 Å². The van der Waals surface area contributed by atoms with Crippen molar-refractivity contribution in [2.75, 3.05) is 13.1 Å². The van der Waals surface area contributed by atoms with Gasteiger partial charge in [0.05, 0.1) is 5.56 Å². The Kier molecular flexibility index (Phi) is 7.25. The summed E-state index contributed by atoms with van der Waals surface area (Å²) in [5.74, 6) is 0.0851. The number of ketones is 1. The Morgan fingerprint density at radius 2 is 1.93 bits per heavy atom. The number of alkyl halides is 3. The van der Waals surface area contributed by atoms with Crippen LogP contribution in [0, 0.1) is 5.92 Å². The smallest absolute Gasteiger partial charge is 0.316 e. The molecule has 0 aliphatic carbocycles. The average Bonchev–Trinajstić information content (AvgIpc) is 3.16. The van der Waals surface area contributed by atoms with E-state index in [1.807, 2.05) is 12.1 Å². The zero-order valence-corrected chi connectivity index (χ0v) is 17.3. The lowest BCUT2D eigenvalue weighted by Gasteiger charge is -2.13. The van der Waals surface area contributed by atoms with Gasteiger partial charge in [0.25, 0.3) is 0 Å². The van der Waals surface area contributed by atoms with Crippen LogP contribution in [0.4, 0.5) is 13.2 Å². The first-order valence-corrected chi connectivity index (χ1v) is 10.4. The van der Waals surface area contributed by atoms with Gasteiger partial charge in [-0.05, 0) is 80.1 Å². The summed E-state index contributed by atoms with van der Waals surface area (Å²) in [5, 5.41) is 3.69. The Hall–Kier alpha value is -1.56. The molecule has 0 spiro atoms. The third-order valence-electron chi connectivity index (χ3n) is 5.30. The molecule has 2 aromatic rings. The van der Waals surface area contributed by atoms with Crippen LogP contribution in [-0.2, 0) is 19.0 Å². The van der Waals surface area contributed by atoms with Gasteiger partial charge >= 0.3 is 6.18 Å². The number of nitrogens with one attached hydrogen (secondary N) is 1. The van der Waals surface area contributed by atoms with E-state index in [2.05, 4.69) is 5.32 Å². The lowest BCUT2D eigenvalue weighted by molar-refractivity contribution is -0.137. The van der Waals surface area contributed by atoms with E-state index in [1.54, 1.807) is 6.07 Å². The summed E-state index contributed by atoms with van der Waals surface area (Å²) in [4.78, 5) is 12.5. The Labute approximate surface area is 178 Å². The molecule has 1 aliphatic rings. The molecule has 1 saturated heterocycles. The monoisotopic (exact) mass is 443 g/mol. The van der Waals surface area contributed by atoms with E-state index in [0.717, 1.165) is 56.0 Å². The van der Waals surface area contributed by atoms with Crippen LogP contribution in [0.2, 0.25) is 10.0 Å². The van der Waals surface area contributed by atoms with Crippen LogP contribution in [0.3, 0.4) is 0 Å². The van der Waals surface area contributed by atoms with Crippen molar-refractivity contribution in [2.24, 2.45) is 5.92 Å². The van der Waals surface area contributed by atoms with Crippen LogP contribution in [0.5, 0.6) is 0 Å². The molecule has 2 aromatic carbocycles. The second kappa shape index (κ2) is 9.50. The molecule has 1 atom stereocenters. The Morgan fingerprint density at radius 1 is 1.14 bits per heavy atom. The van der Waals surface area contributed by atoms with Gasteiger partial charge in [0.1, 0.15) is 0 Å². The van der Waals surface area contributed by atoms with Crippen molar-refractivity contribution in [3.63, 3.8) is 0 Å². The topological polar surface area (TPSA) is 29.1 Å². The summed E-state index contributed by atoms with van der Waals surface area (Å²) < 4.78 is 39.7. The first kappa shape index (κ1) is 22.1. The van der Waals surface area contributed by atoms with E-state index in [1.165, 1.54) is 12.5 Å². The Bertz CT molecular complexity index is 877. The number of halogens is 5. The number of carbonyl (C=O) groups is 1. The lowest BCUT2D eigenvalue weighted by atomic mass is 9.96. The van der Waals surface area contributed by atoms with Crippen molar-refractivity contribution in [3.05, 3.63) is 68.7 Å². The molecule has 0 radical (unpaired) electrons. The molecule has 2 nitrogen and oxygen atoms in total. The lowest BCUT2D eigenvalue weighted by Crippen LogP contribution is -2.14. The molecule has 7 heteroatoms. The van der Waals surface area contributed by atoms with Gasteiger partial charge in [-0.2, -0.15) is 13.2 Å². The van der Waals surface area contributed by atoms with Crippen LogP contribution in [0.25, 0.3) is 0 Å². The van der Waals surface area contributed by atoms with Gasteiger partial charge < -0.3 is 5.32 Å². The third-order valence-corrected chi connectivity index (χ3v) is 5.88. The number of benzene rings is 2. The molecule has 1 aliphatic heterocycles. The predicted molar refractivity (Wildman–Crippen MR) is 110 cm³/mol. The molecule has 156 valence electrons. The van der Waals surface area contributed by atoms with E-state index in [0.29, 0.717) is 10.6 Å². The molecule has 0 aromatic heterocycles. The SMILES string of the molecule is O=C(Cc1ccc(CCCC2CCNC2)cc1Cl)c1ccc(Cl)cc1C(F)(F)F. The fourth-order valence-corrected chi connectivity index (χ4v) is 4.15. The molecule has 0 bridgehead atoms. The first-order valence-electron chi connectivity index (χ1n) is 9.62. The molecule has 29 heavy (non-hydrogen) atoms. The number of hydrogen-bond acceptors (Lipinski definition) is 2. The molecule has 1 heterocycles. The van der Waals surface area contributed by atoms with Gasteiger partial charge in [0.2, 0.25) is 0 Å². The van der Waals surface area contributed by atoms with Gasteiger partial charge in [0.15, 0.2) is 5.78 Å². The molecule has 1 unspecified atom stereocenters. The zero-order chi connectivity index (χ0) is 21.0. The summed E-state index contributed by atoms with van der Waals surface area (Å²) in [6.07, 6.45) is -0.537. The minimum atomic E-state index is -4.65. The number of aryl methyl sites for hydroxylation is 1. The quantitative estimate of drug-likeness (QED) is 0.503. The maximum absolute atomic E-state index is 13.2. The molecular weight excluding hydrogens is 422 g/mol. The number of Topliss-reactive ketones (excluding diaryl/α,β-unsaturated/α-hetero) is 1. The van der Waals surface area contributed by atoms with Crippen molar-refractivity contribution < 1.29 is 18.0 Å². The van der Waals surface area contributed by atoms with Gasteiger partial charge in [-0.25, -0.2) is 0 Å². The average molecular weight is 444 g/mol. The molecule has 1 N–H and O–H groups in total. The van der Waals surface area contributed by atoms with Gasteiger partial charge in [-0.3, -0.25) is 4.79 Å². The standard InChI is InChI=1S/C22H22Cl2F3NO/c23-17-6-7-18(19(12-17)22(25,26)27)21(29)11-16-5-4-14(10-20(16)24)2-1-3-15-8-9-28-13-15/h4-7,10,12,15,28H,1-3,8-9,11,13H2. The fourth-order valence-electron chi connectivity index (χ4n) is 3.71. The van der Waals surface area contributed by atoms with Crippen LogP contribution in [-0.4, -0.2) is 18.9 Å². The minimum Gasteiger partial charge on any atom is -0.316 e. The molecule has 1 fully saturated rings. The largest absolute Gasteiger partial charge is 0.417 e. The number of carbonyl (C=O) groups excluding carboxylic acids is 1. The summed E-state index contributed by atoms with van der Waals surface area (Å²) >= 11 is 12.0. The maximum Gasteiger partial charge on any atom is 0.417 e.